The summed E-state index contributed by atoms with van der Waals surface area (Å²) < 4.78 is 28.8. The highest BCUT2D eigenvalue weighted by Gasteiger charge is 2.23. The van der Waals surface area contributed by atoms with Gasteiger partial charge in [-0.1, -0.05) is 0 Å². The first kappa shape index (κ1) is 15.6. The Kier molecular flexibility index (Phi) is 3.88. The molecule has 2 aromatic rings. The van der Waals surface area contributed by atoms with Gasteiger partial charge in [-0.3, -0.25) is 4.79 Å². The third-order valence-electron chi connectivity index (χ3n) is 3.01. The van der Waals surface area contributed by atoms with Crippen molar-refractivity contribution >= 4 is 29.2 Å². The van der Waals surface area contributed by atoms with Gasteiger partial charge >= 0.3 is 0 Å². The van der Waals surface area contributed by atoms with Crippen LogP contribution in [0.25, 0.3) is 11.0 Å². The molecular weight excluding hydrogens is 296 g/mol. The van der Waals surface area contributed by atoms with E-state index in [2.05, 4.69) is 10.3 Å². The quantitative estimate of drug-likeness (QED) is 0.834. The molecule has 114 valence electrons. The largest absolute Gasteiger partial charge is 0.350 e. The molecule has 2 N–H and O–H groups in total. The first-order valence-corrected chi connectivity index (χ1v) is 6.92. The highest BCUT2D eigenvalue weighted by atomic mass is 32.1. The maximum Gasteiger partial charge on any atom is 0.243 e. The van der Waals surface area contributed by atoms with E-state index in [4.69, 9.17) is 12.2 Å². The molecule has 7 heteroatoms. The number of imidazole rings is 1. The smallest absolute Gasteiger partial charge is 0.243 e. The number of nitrogens with zero attached hydrogens (tertiary/aromatic N) is 1. The Hall–Kier alpha value is -1.76. The highest BCUT2D eigenvalue weighted by Crippen LogP contribution is 2.23. The lowest BCUT2D eigenvalue weighted by Crippen LogP contribution is -2.43. The van der Waals surface area contributed by atoms with Crippen molar-refractivity contribution in [3.63, 3.8) is 0 Å². The fourth-order valence-electron chi connectivity index (χ4n) is 2.13. The Morgan fingerprint density at radius 2 is 2.00 bits per heavy atom. The van der Waals surface area contributed by atoms with Crippen molar-refractivity contribution in [2.75, 3.05) is 0 Å². The molecule has 0 aliphatic rings. The number of fused-ring (bicyclic) bond motifs is 1. The van der Waals surface area contributed by atoms with Crippen LogP contribution in [0.3, 0.4) is 0 Å². The summed E-state index contributed by atoms with van der Waals surface area (Å²) in [4.78, 5) is 14.9. The van der Waals surface area contributed by atoms with Gasteiger partial charge in [0.1, 0.15) is 17.4 Å². The van der Waals surface area contributed by atoms with E-state index in [0.717, 1.165) is 12.1 Å². The van der Waals surface area contributed by atoms with Gasteiger partial charge in [0.05, 0.1) is 5.52 Å². The van der Waals surface area contributed by atoms with Gasteiger partial charge < -0.3 is 14.9 Å². The standard InChI is InChI=1S/C14H17F2N3OS/c1-7(12(20)18-14(2,3)4)19-10-6-8(15)5-9(16)11(10)17-13(19)21/h5-7H,1-4H3,(H,17,21)(H,18,20). The monoisotopic (exact) mass is 313 g/mol. The molecule has 0 aliphatic heterocycles. The number of H-pyrrole nitrogens is 1. The summed E-state index contributed by atoms with van der Waals surface area (Å²) in [5.74, 6) is -1.73. The maximum atomic E-state index is 13.7. The van der Waals surface area contributed by atoms with E-state index in [1.807, 2.05) is 20.8 Å². The van der Waals surface area contributed by atoms with Gasteiger partial charge in [-0.25, -0.2) is 8.78 Å². The van der Waals surface area contributed by atoms with Crippen molar-refractivity contribution in [2.24, 2.45) is 0 Å². The molecule has 1 aromatic heterocycles. The number of amides is 1. The molecule has 0 saturated carbocycles. The van der Waals surface area contributed by atoms with Gasteiger partial charge in [0, 0.05) is 11.6 Å². The molecule has 2 rings (SSSR count). The maximum absolute atomic E-state index is 13.7. The summed E-state index contributed by atoms with van der Waals surface area (Å²) in [5.41, 5.74) is -0.0817. The molecule has 1 amide bonds. The molecule has 21 heavy (non-hydrogen) atoms. The molecule has 1 aromatic carbocycles. The lowest BCUT2D eigenvalue weighted by Gasteiger charge is -2.24. The van der Waals surface area contributed by atoms with Crippen molar-refractivity contribution in [2.45, 2.75) is 39.3 Å². The van der Waals surface area contributed by atoms with E-state index >= 15 is 0 Å². The van der Waals surface area contributed by atoms with E-state index in [1.165, 1.54) is 4.57 Å². The van der Waals surface area contributed by atoms with E-state index < -0.39 is 23.2 Å². The average Bonchev–Trinajstić information content (AvgIpc) is 2.62. The summed E-state index contributed by atoms with van der Waals surface area (Å²) in [6.45, 7) is 7.19. The van der Waals surface area contributed by atoms with Crippen LogP contribution >= 0.6 is 12.2 Å². The highest BCUT2D eigenvalue weighted by molar-refractivity contribution is 7.71. The SMILES string of the molecule is CC(C(=O)NC(C)(C)C)n1c(=S)[nH]c2c(F)cc(F)cc21. The second-order valence-electron chi connectivity index (χ2n) is 6.00. The molecule has 1 heterocycles. The Balaban J connectivity index is 2.54. The predicted molar refractivity (Wildman–Crippen MR) is 79.6 cm³/mol. The number of aromatic nitrogens is 2. The lowest BCUT2D eigenvalue weighted by atomic mass is 10.1. The van der Waals surface area contributed by atoms with E-state index in [-0.39, 0.29) is 21.7 Å². The van der Waals surface area contributed by atoms with Crippen LogP contribution in [0.1, 0.15) is 33.7 Å². The van der Waals surface area contributed by atoms with Crippen LogP contribution in [0.4, 0.5) is 8.78 Å². The van der Waals surface area contributed by atoms with Crippen LogP contribution in [0, 0.1) is 16.4 Å². The van der Waals surface area contributed by atoms with Crippen molar-refractivity contribution < 1.29 is 13.6 Å². The molecule has 0 saturated heterocycles. The van der Waals surface area contributed by atoms with Crippen molar-refractivity contribution in [1.29, 1.82) is 0 Å². The number of aromatic amines is 1. The van der Waals surface area contributed by atoms with Crippen LogP contribution in [0.5, 0.6) is 0 Å². The second kappa shape index (κ2) is 5.22. The average molecular weight is 313 g/mol. The summed E-state index contributed by atoms with van der Waals surface area (Å²) in [5, 5.41) is 2.82. The van der Waals surface area contributed by atoms with Crippen LogP contribution < -0.4 is 5.32 Å². The molecule has 4 nitrogen and oxygen atoms in total. The zero-order valence-corrected chi connectivity index (χ0v) is 13.1. The third kappa shape index (κ3) is 3.12. The van der Waals surface area contributed by atoms with Crippen LogP contribution in [-0.2, 0) is 4.79 Å². The molecule has 1 atom stereocenters. The Labute approximate surface area is 126 Å². The number of nitrogens with one attached hydrogen (secondary N) is 2. The predicted octanol–water partition coefficient (Wildman–Crippen LogP) is 3.45. The zero-order chi connectivity index (χ0) is 15.9. The van der Waals surface area contributed by atoms with E-state index in [9.17, 15) is 13.6 Å². The van der Waals surface area contributed by atoms with Crippen molar-refractivity contribution in [3.8, 4) is 0 Å². The van der Waals surface area contributed by atoms with Gasteiger partial charge in [-0.05, 0) is 46.0 Å². The second-order valence-corrected chi connectivity index (χ2v) is 6.38. The molecule has 0 radical (unpaired) electrons. The number of hydrogen-bond acceptors (Lipinski definition) is 2. The molecule has 0 fully saturated rings. The molecule has 0 spiro atoms. The molecule has 1 unspecified atom stereocenters. The summed E-state index contributed by atoms with van der Waals surface area (Å²) in [6.07, 6.45) is 0. The number of hydrogen-bond donors (Lipinski definition) is 2. The van der Waals surface area contributed by atoms with Gasteiger partial charge in [0.25, 0.3) is 0 Å². The number of halogens is 2. The van der Waals surface area contributed by atoms with Crippen LogP contribution in [0.2, 0.25) is 0 Å². The topological polar surface area (TPSA) is 49.8 Å². The number of rotatable bonds is 2. The Morgan fingerprint density at radius 3 is 2.57 bits per heavy atom. The fourth-order valence-corrected chi connectivity index (χ4v) is 2.48. The minimum atomic E-state index is -0.738. The fraction of sp³-hybridized carbons (Fsp3) is 0.429. The van der Waals surface area contributed by atoms with Crippen molar-refractivity contribution in [1.82, 2.24) is 14.9 Å². The minimum Gasteiger partial charge on any atom is -0.350 e. The van der Waals surface area contributed by atoms with E-state index in [1.54, 1.807) is 6.92 Å². The lowest BCUT2D eigenvalue weighted by molar-refractivity contribution is -0.125. The molecular formula is C14H17F2N3OS. The normalized spacial score (nSPS) is 13.4. The van der Waals surface area contributed by atoms with Crippen LogP contribution in [0.15, 0.2) is 12.1 Å². The van der Waals surface area contributed by atoms with Gasteiger partial charge in [-0.15, -0.1) is 0 Å². The zero-order valence-electron chi connectivity index (χ0n) is 12.3. The Bertz CT molecular complexity index is 758. The summed E-state index contributed by atoms with van der Waals surface area (Å²) in [6, 6.07) is 1.25. The minimum absolute atomic E-state index is 0.0943. The first-order chi connectivity index (χ1) is 9.60. The third-order valence-corrected chi connectivity index (χ3v) is 3.31. The van der Waals surface area contributed by atoms with Crippen LogP contribution in [-0.4, -0.2) is 21.0 Å². The van der Waals surface area contributed by atoms with E-state index in [0.29, 0.717) is 0 Å². The molecule has 0 aliphatic carbocycles. The summed E-state index contributed by atoms with van der Waals surface area (Å²) in [7, 11) is 0. The van der Waals surface area contributed by atoms with Gasteiger partial charge in [0.15, 0.2) is 10.6 Å². The number of carbonyl (C=O) groups excluding carboxylic acids is 1. The first-order valence-electron chi connectivity index (χ1n) is 6.51. The number of benzene rings is 1. The number of carbonyl (C=O) groups is 1. The molecule has 0 bridgehead atoms. The van der Waals surface area contributed by atoms with Gasteiger partial charge in [0.2, 0.25) is 5.91 Å². The van der Waals surface area contributed by atoms with Crippen molar-refractivity contribution in [3.05, 3.63) is 28.5 Å². The van der Waals surface area contributed by atoms with Gasteiger partial charge in [-0.2, -0.15) is 0 Å². The summed E-state index contributed by atoms with van der Waals surface area (Å²) >= 11 is 5.13. The Morgan fingerprint density at radius 1 is 1.38 bits per heavy atom.